The minimum absolute atomic E-state index is 0.158. The van der Waals surface area contributed by atoms with E-state index >= 15 is 0 Å². The third-order valence-electron chi connectivity index (χ3n) is 5.36. The molecule has 3 aromatic rings. The Morgan fingerprint density at radius 3 is 2.53 bits per heavy atom. The van der Waals surface area contributed by atoms with E-state index in [1.165, 1.54) is 6.21 Å². The molecule has 198 valence electrons. The average Bonchev–Trinajstić information content (AvgIpc) is 2.81. The van der Waals surface area contributed by atoms with E-state index in [4.69, 9.17) is 33.2 Å². The second-order valence-corrected chi connectivity index (χ2v) is 10.4. The van der Waals surface area contributed by atoms with E-state index in [1.807, 2.05) is 0 Å². The lowest BCUT2D eigenvalue weighted by Crippen LogP contribution is -2.34. The Morgan fingerprint density at radius 1 is 1.26 bits per heavy atom. The molecule has 0 radical (unpaired) electrons. The van der Waals surface area contributed by atoms with Gasteiger partial charge in [0.25, 0.3) is 22.0 Å². The van der Waals surface area contributed by atoms with Crippen LogP contribution in [-0.2, 0) is 10.0 Å². The maximum absolute atomic E-state index is 13.0. The number of nitrogens with zero attached hydrogens (tertiary/aromatic N) is 5. The molecule has 0 spiro atoms. The molecule has 0 unspecified atom stereocenters. The van der Waals surface area contributed by atoms with Crippen LogP contribution in [0.25, 0.3) is 5.69 Å². The summed E-state index contributed by atoms with van der Waals surface area (Å²) in [5, 5.41) is 21.7. The van der Waals surface area contributed by atoms with Gasteiger partial charge in [0.2, 0.25) is 5.88 Å². The SMILES string of the molecule is N#CC1CC(/C=N/S(=O)(=O)c2cc(Oc3c(Cl)cc(-n4nc(C(F)F)c(=O)[nH]c4=O)cc3Cl)ncc2O)C1. The van der Waals surface area contributed by atoms with Crippen LogP contribution in [0, 0.1) is 23.2 Å². The van der Waals surface area contributed by atoms with Crippen molar-refractivity contribution in [2.24, 2.45) is 16.2 Å². The number of benzene rings is 1. The van der Waals surface area contributed by atoms with E-state index in [0.29, 0.717) is 17.5 Å². The highest BCUT2D eigenvalue weighted by Crippen LogP contribution is 2.39. The molecule has 0 aliphatic heterocycles. The van der Waals surface area contributed by atoms with E-state index < -0.39 is 44.0 Å². The topological polar surface area (TPSA) is 180 Å². The van der Waals surface area contributed by atoms with Gasteiger partial charge in [-0.25, -0.2) is 18.6 Å². The van der Waals surface area contributed by atoms with Gasteiger partial charge in [0.15, 0.2) is 17.2 Å². The molecular formula is C21H14Cl2F2N6O6S. The predicted molar refractivity (Wildman–Crippen MR) is 129 cm³/mol. The van der Waals surface area contributed by atoms with Crippen LogP contribution in [0.1, 0.15) is 25.0 Å². The van der Waals surface area contributed by atoms with E-state index in [2.05, 4.69) is 20.5 Å². The quantitative estimate of drug-likeness (QED) is 0.392. The number of nitriles is 1. The smallest absolute Gasteiger partial charge is 0.349 e. The number of pyridine rings is 1. The minimum Gasteiger partial charge on any atom is -0.505 e. The zero-order chi connectivity index (χ0) is 27.8. The van der Waals surface area contributed by atoms with Crippen molar-refractivity contribution in [3.8, 4) is 29.1 Å². The van der Waals surface area contributed by atoms with Gasteiger partial charge in [-0.05, 0) is 30.9 Å². The fraction of sp³-hybridized carbons (Fsp3) is 0.238. The van der Waals surface area contributed by atoms with Gasteiger partial charge >= 0.3 is 5.69 Å². The number of aromatic amines is 1. The Kier molecular flexibility index (Phi) is 7.49. The summed E-state index contributed by atoms with van der Waals surface area (Å²) in [7, 11) is -4.37. The van der Waals surface area contributed by atoms with Crippen molar-refractivity contribution < 1.29 is 27.0 Å². The number of H-pyrrole nitrogens is 1. The Labute approximate surface area is 221 Å². The van der Waals surface area contributed by atoms with Gasteiger partial charge in [0, 0.05) is 18.2 Å². The summed E-state index contributed by atoms with van der Waals surface area (Å²) in [6.07, 6.45) is -0.314. The van der Waals surface area contributed by atoms with Crippen molar-refractivity contribution in [3.05, 3.63) is 61.0 Å². The Balaban J connectivity index is 1.63. The van der Waals surface area contributed by atoms with Crippen molar-refractivity contribution >= 4 is 39.4 Å². The monoisotopic (exact) mass is 586 g/mol. The third kappa shape index (κ3) is 5.52. The van der Waals surface area contributed by atoms with E-state index in [0.717, 1.165) is 24.4 Å². The Bertz CT molecular complexity index is 1690. The van der Waals surface area contributed by atoms with E-state index in [-0.39, 0.29) is 39.2 Å². The fourth-order valence-corrected chi connectivity index (χ4v) is 4.95. The Morgan fingerprint density at radius 2 is 1.92 bits per heavy atom. The number of halogens is 4. The maximum Gasteiger partial charge on any atom is 0.349 e. The molecule has 1 saturated carbocycles. The van der Waals surface area contributed by atoms with Gasteiger partial charge in [-0.15, -0.1) is 0 Å². The molecule has 12 nitrogen and oxygen atoms in total. The van der Waals surface area contributed by atoms with Crippen LogP contribution in [0.2, 0.25) is 10.0 Å². The molecule has 0 saturated heterocycles. The number of alkyl halides is 2. The summed E-state index contributed by atoms with van der Waals surface area (Å²) in [6, 6.07) is 5.09. The molecule has 1 aliphatic carbocycles. The highest BCUT2D eigenvalue weighted by atomic mass is 35.5. The molecule has 4 rings (SSSR count). The zero-order valence-corrected chi connectivity index (χ0v) is 21.0. The highest BCUT2D eigenvalue weighted by Gasteiger charge is 2.29. The molecule has 0 atom stereocenters. The third-order valence-corrected chi connectivity index (χ3v) is 7.20. The van der Waals surface area contributed by atoms with Gasteiger partial charge in [0.1, 0.15) is 4.90 Å². The Hall–Kier alpha value is -3.87. The van der Waals surface area contributed by atoms with Crippen LogP contribution < -0.4 is 16.0 Å². The number of sulfonamides is 1. The molecule has 17 heteroatoms. The first kappa shape index (κ1) is 27.2. The van der Waals surface area contributed by atoms with Crippen LogP contribution in [0.5, 0.6) is 17.4 Å². The van der Waals surface area contributed by atoms with Crippen LogP contribution in [0.4, 0.5) is 8.78 Å². The van der Waals surface area contributed by atoms with E-state index in [9.17, 15) is 31.9 Å². The van der Waals surface area contributed by atoms with Crippen molar-refractivity contribution in [3.63, 3.8) is 0 Å². The largest absolute Gasteiger partial charge is 0.505 e. The number of aromatic nitrogens is 4. The van der Waals surface area contributed by atoms with Crippen LogP contribution >= 0.6 is 23.2 Å². The number of hydrogen-bond donors (Lipinski definition) is 2. The van der Waals surface area contributed by atoms with Crippen molar-refractivity contribution in [1.82, 2.24) is 19.7 Å². The zero-order valence-electron chi connectivity index (χ0n) is 18.7. The van der Waals surface area contributed by atoms with Gasteiger partial charge < -0.3 is 9.84 Å². The normalized spacial score (nSPS) is 17.4. The minimum atomic E-state index is -4.37. The summed E-state index contributed by atoms with van der Waals surface area (Å²) in [5.41, 5.74) is -3.89. The molecular weight excluding hydrogens is 573 g/mol. The lowest BCUT2D eigenvalue weighted by Gasteiger charge is -2.26. The fourth-order valence-electron chi connectivity index (χ4n) is 3.39. The predicted octanol–water partition coefficient (Wildman–Crippen LogP) is 3.37. The summed E-state index contributed by atoms with van der Waals surface area (Å²) < 4.78 is 60.9. The first-order valence-corrected chi connectivity index (χ1v) is 12.7. The highest BCUT2D eigenvalue weighted by molar-refractivity contribution is 7.90. The summed E-state index contributed by atoms with van der Waals surface area (Å²) in [4.78, 5) is 28.5. The molecule has 2 N–H and O–H groups in total. The summed E-state index contributed by atoms with van der Waals surface area (Å²) >= 11 is 12.4. The van der Waals surface area contributed by atoms with Gasteiger partial charge in [-0.2, -0.15) is 27.9 Å². The summed E-state index contributed by atoms with van der Waals surface area (Å²) in [5.74, 6) is -1.67. The van der Waals surface area contributed by atoms with Crippen molar-refractivity contribution in [2.45, 2.75) is 24.2 Å². The number of hydrogen-bond acceptors (Lipinski definition) is 9. The lowest BCUT2D eigenvalue weighted by atomic mass is 9.77. The van der Waals surface area contributed by atoms with Crippen LogP contribution in [-0.4, -0.2) is 39.5 Å². The molecule has 0 bridgehead atoms. The molecule has 0 amide bonds. The first-order valence-electron chi connectivity index (χ1n) is 10.5. The van der Waals surface area contributed by atoms with Gasteiger partial charge in [0.05, 0.1) is 28.0 Å². The molecule has 2 heterocycles. The molecule has 2 aromatic heterocycles. The number of rotatable bonds is 7. The molecule has 1 fully saturated rings. The second kappa shape index (κ2) is 10.5. The molecule has 1 aliphatic rings. The average molecular weight is 587 g/mol. The first-order chi connectivity index (χ1) is 17.9. The van der Waals surface area contributed by atoms with Crippen molar-refractivity contribution in [2.75, 3.05) is 0 Å². The maximum atomic E-state index is 13.0. The van der Waals surface area contributed by atoms with Crippen molar-refractivity contribution in [1.29, 1.82) is 5.26 Å². The van der Waals surface area contributed by atoms with Gasteiger partial charge in [-0.1, -0.05) is 23.2 Å². The number of ether oxygens (including phenoxy) is 1. The summed E-state index contributed by atoms with van der Waals surface area (Å²) in [6.45, 7) is 0. The van der Waals surface area contributed by atoms with Gasteiger partial charge in [-0.3, -0.25) is 9.78 Å². The molecule has 38 heavy (non-hydrogen) atoms. The van der Waals surface area contributed by atoms with Crippen LogP contribution in [0.3, 0.4) is 0 Å². The number of aromatic hydroxyl groups is 1. The molecule has 1 aromatic carbocycles. The van der Waals surface area contributed by atoms with Crippen LogP contribution in [0.15, 0.2) is 43.3 Å². The number of nitrogens with one attached hydrogen (secondary N) is 1. The van der Waals surface area contributed by atoms with E-state index in [1.54, 1.807) is 4.98 Å². The lowest BCUT2D eigenvalue weighted by molar-refractivity contribution is 0.141. The standard InChI is InChI=1S/C21H14Cl2F2N6O6S/c22-12-3-11(31-21(34)29-20(33)17(30-31)19(24)25)4-13(23)18(12)37-16-5-15(14(32)8-27-16)38(35,36)28-7-10-1-9(2-10)6-26/h3-5,7-10,19,32H,1-2H2,(H,29,33,34)/b28-7+. The second-order valence-electron chi connectivity index (χ2n) is 7.97.